The van der Waals surface area contributed by atoms with Crippen molar-refractivity contribution in [2.45, 2.75) is 25.7 Å². The number of benzene rings is 5. The molecule has 2 aromatic heterocycles. The van der Waals surface area contributed by atoms with Crippen LogP contribution in [0.25, 0.3) is 63.1 Å². The minimum absolute atomic E-state index is 1.01. The van der Waals surface area contributed by atoms with Gasteiger partial charge in [-0.1, -0.05) is 78.9 Å². The predicted octanol–water partition coefficient (Wildman–Crippen LogP) is 11.2. The normalized spacial score (nSPS) is 14.6. The second kappa shape index (κ2) is 10.4. The van der Waals surface area contributed by atoms with Gasteiger partial charge in [0.15, 0.2) is 0 Å². The summed E-state index contributed by atoms with van der Waals surface area (Å²) in [6, 6.07) is 42.1. The standard InChI is InChI=1S/C44H33N3/c1-3-11-33(12-4-1)46-41-17-9-7-15-35(41)37-26-30(22-24-43(37)46)29-21-23-39-31(25-29)19-20-32-27-44-38(28-40(32)45-39)36-16-8-10-18-42(36)47(44)34-13-5-2-6-14-34/h1-7,9-15,17-21,23,25-28,45H,8,16,22,24H2. The lowest BCUT2D eigenvalue weighted by molar-refractivity contribution is 0.898. The third-order valence-corrected chi connectivity index (χ3v) is 10.2. The van der Waals surface area contributed by atoms with Gasteiger partial charge in [0.1, 0.15) is 0 Å². The number of anilines is 2. The Balaban J connectivity index is 1.06. The van der Waals surface area contributed by atoms with Gasteiger partial charge >= 0.3 is 0 Å². The molecule has 2 aliphatic carbocycles. The number of aryl methyl sites for hydroxylation is 1. The zero-order chi connectivity index (χ0) is 30.9. The van der Waals surface area contributed by atoms with Crippen LogP contribution in [0.5, 0.6) is 0 Å². The van der Waals surface area contributed by atoms with Gasteiger partial charge in [-0.25, -0.2) is 0 Å². The van der Waals surface area contributed by atoms with Gasteiger partial charge in [-0.05, 0) is 115 Å². The first-order valence-corrected chi connectivity index (χ1v) is 16.7. The van der Waals surface area contributed by atoms with E-state index in [1.54, 1.807) is 0 Å². The summed E-state index contributed by atoms with van der Waals surface area (Å²) in [5, 5.41) is 6.49. The van der Waals surface area contributed by atoms with E-state index >= 15 is 0 Å². The maximum absolute atomic E-state index is 3.83. The fourth-order valence-corrected chi connectivity index (χ4v) is 8.06. The molecule has 224 valence electrons. The molecule has 0 saturated heterocycles. The van der Waals surface area contributed by atoms with Crippen LogP contribution in [-0.4, -0.2) is 9.13 Å². The summed E-state index contributed by atoms with van der Waals surface area (Å²) in [6.07, 6.45) is 15.8. The summed E-state index contributed by atoms with van der Waals surface area (Å²) in [6.45, 7) is 0. The quantitative estimate of drug-likeness (QED) is 0.213. The van der Waals surface area contributed by atoms with Crippen molar-refractivity contribution in [2.75, 3.05) is 5.32 Å². The molecule has 0 unspecified atom stereocenters. The molecule has 47 heavy (non-hydrogen) atoms. The highest BCUT2D eigenvalue weighted by Gasteiger charge is 2.23. The van der Waals surface area contributed by atoms with Gasteiger partial charge in [-0.2, -0.15) is 0 Å². The molecule has 0 radical (unpaired) electrons. The van der Waals surface area contributed by atoms with Gasteiger partial charge in [0.2, 0.25) is 0 Å². The number of aromatic nitrogens is 2. The molecule has 3 nitrogen and oxygen atoms in total. The van der Waals surface area contributed by atoms with Crippen LogP contribution in [0.1, 0.15) is 52.0 Å². The van der Waals surface area contributed by atoms with Gasteiger partial charge in [0, 0.05) is 56.0 Å². The Hall–Kier alpha value is -5.80. The largest absolute Gasteiger partial charge is 0.355 e. The number of hydrogen-bond donors (Lipinski definition) is 1. The van der Waals surface area contributed by atoms with E-state index in [2.05, 4.69) is 160 Å². The van der Waals surface area contributed by atoms with Crippen molar-refractivity contribution in [3.63, 3.8) is 0 Å². The van der Waals surface area contributed by atoms with E-state index in [1.165, 1.54) is 78.0 Å². The number of rotatable bonds is 3. The molecule has 0 amide bonds. The summed E-state index contributed by atoms with van der Waals surface area (Å²) in [5.74, 6) is 0. The average Bonchev–Trinajstić information content (AvgIpc) is 3.56. The SMILES string of the molecule is C1=Cc2c(c3cc4c(cc3n2-c2ccccc2)C=Cc2cc(C3=Cc5c(n(-c6ccccc6)c6ccccc56)CC3)ccc2N4)CC1. The molecule has 1 N–H and O–H groups in total. The number of para-hydroxylation sites is 3. The van der Waals surface area contributed by atoms with Crippen LogP contribution in [0.4, 0.5) is 11.4 Å². The fourth-order valence-electron chi connectivity index (χ4n) is 8.06. The maximum Gasteiger partial charge on any atom is 0.0545 e. The first-order valence-electron chi connectivity index (χ1n) is 16.7. The predicted molar refractivity (Wildman–Crippen MR) is 199 cm³/mol. The Morgan fingerprint density at radius 1 is 0.553 bits per heavy atom. The highest BCUT2D eigenvalue weighted by Crippen LogP contribution is 2.42. The summed E-state index contributed by atoms with van der Waals surface area (Å²) in [4.78, 5) is 0. The van der Waals surface area contributed by atoms with Gasteiger partial charge in [-0.3, -0.25) is 0 Å². The number of allylic oxidation sites excluding steroid dienone is 2. The fraction of sp³-hybridized carbons (Fsp3) is 0.0909. The van der Waals surface area contributed by atoms with E-state index in [9.17, 15) is 0 Å². The minimum atomic E-state index is 1.01. The monoisotopic (exact) mass is 603 g/mol. The molecule has 7 aromatic rings. The van der Waals surface area contributed by atoms with Gasteiger partial charge in [-0.15, -0.1) is 0 Å². The third kappa shape index (κ3) is 4.13. The Morgan fingerprint density at radius 2 is 1.30 bits per heavy atom. The average molecular weight is 604 g/mol. The van der Waals surface area contributed by atoms with Crippen LogP contribution in [0, 0.1) is 0 Å². The molecule has 0 saturated carbocycles. The van der Waals surface area contributed by atoms with E-state index in [1.807, 2.05) is 0 Å². The lowest BCUT2D eigenvalue weighted by Crippen LogP contribution is -2.05. The van der Waals surface area contributed by atoms with Crippen LogP contribution in [-0.2, 0) is 12.8 Å². The van der Waals surface area contributed by atoms with Gasteiger partial charge in [0.25, 0.3) is 0 Å². The van der Waals surface area contributed by atoms with E-state index in [0.717, 1.165) is 37.1 Å². The molecular formula is C44H33N3. The van der Waals surface area contributed by atoms with Crippen LogP contribution in [0.2, 0.25) is 0 Å². The van der Waals surface area contributed by atoms with Crippen molar-refractivity contribution < 1.29 is 0 Å². The zero-order valence-corrected chi connectivity index (χ0v) is 26.1. The van der Waals surface area contributed by atoms with Crippen molar-refractivity contribution >= 4 is 63.1 Å². The Bertz CT molecular complexity index is 2470. The van der Waals surface area contributed by atoms with E-state index in [4.69, 9.17) is 0 Å². The lowest BCUT2D eigenvalue weighted by Gasteiger charge is -2.19. The van der Waals surface area contributed by atoms with Gasteiger partial charge < -0.3 is 14.5 Å². The molecule has 3 heteroatoms. The van der Waals surface area contributed by atoms with Crippen LogP contribution >= 0.6 is 0 Å². The Labute approximate surface area is 274 Å². The number of nitrogens with one attached hydrogen (secondary N) is 1. The second-order valence-corrected chi connectivity index (χ2v) is 12.9. The number of nitrogens with zero attached hydrogens (tertiary/aromatic N) is 2. The minimum Gasteiger partial charge on any atom is -0.355 e. The molecule has 0 atom stereocenters. The van der Waals surface area contributed by atoms with Crippen molar-refractivity contribution in [3.05, 3.63) is 161 Å². The summed E-state index contributed by atoms with van der Waals surface area (Å²) < 4.78 is 4.89. The second-order valence-electron chi connectivity index (χ2n) is 12.9. The lowest BCUT2D eigenvalue weighted by atomic mass is 9.90. The molecule has 3 heterocycles. The summed E-state index contributed by atoms with van der Waals surface area (Å²) in [7, 11) is 0. The third-order valence-electron chi connectivity index (χ3n) is 10.2. The number of fused-ring (bicyclic) bond motifs is 8. The molecule has 0 bridgehead atoms. The molecule has 5 aromatic carbocycles. The van der Waals surface area contributed by atoms with Crippen molar-refractivity contribution in [2.24, 2.45) is 0 Å². The maximum atomic E-state index is 3.83. The molecule has 0 fully saturated rings. The van der Waals surface area contributed by atoms with Crippen molar-refractivity contribution in [1.82, 2.24) is 9.13 Å². The summed E-state index contributed by atoms with van der Waals surface area (Å²) >= 11 is 0. The molecule has 1 aliphatic heterocycles. The number of hydrogen-bond acceptors (Lipinski definition) is 1. The van der Waals surface area contributed by atoms with Crippen LogP contribution in [0.15, 0.2) is 121 Å². The van der Waals surface area contributed by atoms with Crippen molar-refractivity contribution in [1.29, 1.82) is 0 Å². The highest BCUT2D eigenvalue weighted by atomic mass is 15.0. The van der Waals surface area contributed by atoms with E-state index < -0.39 is 0 Å². The van der Waals surface area contributed by atoms with E-state index in [0.29, 0.717) is 0 Å². The van der Waals surface area contributed by atoms with Gasteiger partial charge in [0.05, 0.1) is 11.0 Å². The Morgan fingerprint density at radius 3 is 2.13 bits per heavy atom. The van der Waals surface area contributed by atoms with Crippen LogP contribution < -0.4 is 5.32 Å². The smallest absolute Gasteiger partial charge is 0.0545 e. The first kappa shape index (κ1) is 26.4. The highest BCUT2D eigenvalue weighted by molar-refractivity contribution is 6.01. The van der Waals surface area contributed by atoms with Crippen LogP contribution in [0.3, 0.4) is 0 Å². The Kier molecular flexibility index (Phi) is 5.83. The molecule has 0 spiro atoms. The first-order chi connectivity index (χ1) is 23.3. The molecule has 10 rings (SSSR count). The van der Waals surface area contributed by atoms with Crippen molar-refractivity contribution in [3.8, 4) is 11.4 Å². The molecule has 3 aliphatic rings. The topological polar surface area (TPSA) is 21.9 Å². The zero-order valence-electron chi connectivity index (χ0n) is 26.1. The summed E-state index contributed by atoms with van der Waals surface area (Å²) in [5.41, 5.74) is 17.9. The molecular weight excluding hydrogens is 571 g/mol. The van der Waals surface area contributed by atoms with E-state index in [-0.39, 0.29) is 0 Å².